The van der Waals surface area contributed by atoms with Crippen LogP contribution in [0.25, 0.3) is 0 Å². The molecule has 0 fully saturated rings. The van der Waals surface area contributed by atoms with Crippen molar-refractivity contribution >= 4 is 11.7 Å². The first kappa shape index (κ1) is 14.4. The van der Waals surface area contributed by atoms with E-state index in [1.165, 1.54) is 0 Å². The minimum atomic E-state index is -1.42. The highest BCUT2D eigenvalue weighted by Crippen LogP contribution is 2.09. The lowest BCUT2D eigenvalue weighted by Gasteiger charge is -2.28. The van der Waals surface area contributed by atoms with Crippen LogP contribution in [0.3, 0.4) is 0 Å². The normalized spacial score (nSPS) is 11.1. The number of aliphatic hydroxyl groups is 3. The van der Waals surface area contributed by atoms with Gasteiger partial charge in [0.05, 0.1) is 19.8 Å². The van der Waals surface area contributed by atoms with Crippen molar-refractivity contribution in [2.75, 3.05) is 25.1 Å². The van der Waals surface area contributed by atoms with Gasteiger partial charge in [-0.05, 0) is 19.1 Å². The van der Waals surface area contributed by atoms with Gasteiger partial charge in [-0.15, -0.1) is 0 Å². The van der Waals surface area contributed by atoms with Crippen LogP contribution in [-0.4, -0.2) is 46.7 Å². The molecule has 0 aliphatic carbocycles. The number of anilines is 1. The molecule has 1 aromatic rings. The molecular formula is C12H18N2O4. The Morgan fingerprint density at radius 2 is 1.61 bits per heavy atom. The first-order chi connectivity index (χ1) is 8.55. The molecule has 6 heteroatoms. The maximum atomic E-state index is 11.6. The van der Waals surface area contributed by atoms with E-state index >= 15 is 0 Å². The Balaban J connectivity index is 2.63. The average Bonchev–Trinajstić information content (AvgIpc) is 2.39. The summed E-state index contributed by atoms with van der Waals surface area (Å²) in [5.41, 5.74) is 0.228. The number of rotatable bonds is 5. The van der Waals surface area contributed by atoms with Crippen LogP contribution in [0.15, 0.2) is 24.3 Å². The summed E-state index contributed by atoms with van der Waals surface area (Å²) in [6, 6.07) is 6.54. The molecule has 0 heterocycles. The predicted octanol–water partition coefficient (Wildman–Crippen LogP) is -0.168. The second kappa shape index (κ2) is 6.34. The van der Waals surface area contributed by atoms with E-state index in [2.05, 4.69) is 10.6 Å². The average molecular weight is 254 g/mol. The third-order valence-electron chi connectivity index (χ3n) is 2.60. The molecule has 0 bridgehead atoms. The Kier molecular flexibility index (Phi) is 5.08. The fourth-order valence-corrected chi connectivity index (χ4v) is 1.31. The number of nitrogens with one attached hydrogen (secondary N) is 2. The Hall–Kier alpha value is -1.63. The van der Waals surface area contributed by atoms with Crippen LogP contribution in [0.1, 0.15) is 5.56 Å². The molecule has 2 amide bonds. The smallest absolute Gasteiger partial charge is 0.319 e. The second-order valence-corrected chi connectivity index (χ2v) is 4.20. The van der Waals surface area contributed by atoms with Crippen LogP contribution in [0.5, 0.6) is 0 Å². The van der Waals surface area contributed by atoms with Crippen LogP contribution in [0, 0.1) is 6.92 Å². The largest absolute Gasteiger partial charge is 0.394 e. The third kappa shape index (κ3) is 3.69. The van der Waals surface area contributed by atoms with Crippen molar-refractivity contribution in [3.63, 3.8) is 0 Å². The van der Waals surface area contributed by atoms with E-state index in [0.29, 0.717) is 5.69 Å². The minimum Gasteiger partial charge on any atom is -0.394 e. The highest BCUT2D eigenvalue weighted by atomic mass is 16.3. The molecule has 1 rings (SSSR count). The van der Waals surface area contributed by atoms with Crippen LogP contribution in [0.2, 0.25) is 0 Å². The molecule has 0 aliphatic rings. The molecule has 5 N–H and O–H groups in total. The Bertz CT molecular complexity index is 379. The van der Waals surface area contributed by atoms with Crippen molar-refractivity contribution in [1.29, 1.82) is 0 Å². The fourth-order valence-electron chi connectivity index (χ4n) is 1.31. The molecule has 0 unspecified atom stereocenters. The Morgan fingerprint density at radius 3 is 2.06 bits per heavy atom. The number of aryl methyl sites for hydroxylation is 1. The van der Waals surface area contributed by atoms with Crippen molar-refractivity contribution in [2.45, 2.75) is 12.5 Å². The van der Waals surface area contributed by atoms with E-state index < -0.39 is 31.4 Å². The standard InChI is InChI=1S/C12H18N2O4/c1-9-2-4-10(5-3-9)13-11(18)14-12(6-15,7-16)8-17/h2-5,15-17H,6-8H2,1H3,(H2,13,14,18). The second-order valence-electron chi connectivity index (χ2n) is 4.20. The highest BCUT2D eigenvalue weighted by Gasteiger charge is 2.29. The number of benzene rings is 1. The number of aliphatic hydroxyl groups excluding tert-OH is 3. The van der Waals surface area contributed by atoms with E-state index in [0.717, 1.165) is 5.56 Å². The summed E-state index contributed by atoms with van der Waals surface area (Å²) in [7, 11) is 0. The first-order valence-corrected chi connectivity index (χ1v) is 5.53. The molecule has 0 radical (unpaired) electrons. The molecular weight excluding hydrogens is 236 g/mol. The Morgan fingerprint density at radius 1 is 1.11 bits per heavy atom. The van der Waals surface area contributed by atoms with E-state index in [1.807, 2.05) is 19.1 Å². The van der Waals surface area contributed by atoms with Gasteiger partial charge in [-0.1, -0.05) is 17.7 Å². The summed E-state index contributed by atoms with van der Waals surface area (Å²) in [5.74, 6) is 0. The fraction of sp³-hybridized carbons (Fsp3) is 0.417. The number of carbonyl (C=O) groups excluding carboxylic acids is 1. The zero-order valence-corrected chi connectivity index (χ0v) is 10.2. The Labute approximate surface area is 105 Å². The van der Waals surface area contributed by atoms with Gasteiger partial charge < -0.3 is 26.0 Å². The number of amides is 2. The molecule has 100 valence electrons. The topological polar surface area (TPSA) is 102 Å². The van der Waals surface area contributed by atoms with Crippen LogP contribution in [0.4, 0.5) is 10.5 Å². The minimum absolute atomic E-state index is 0.554. The summed E-state index contributed by atoms with van der Waals surface area (Å²) < 4.78 is 0. The molecule has 0 aliphatic heterocycles. The molecule has 18 heavy (non-hydrogen) atoms. The molecule has 0 spiro atoms. The summed E-state index contributed by atoms with van der Waals surface area (Å²) in [6.07, 6.45) is 0. The van der Waals surface area contributed by atoms with Crippen molar-refractivity contribution in [1.82, 2.24) is 5.32 Å². The molecule has 0 saturated heterocycles. The van der Waals surface area contributed by atoms with Crippen molar-refractivity contribution in [3.8, 4) is 0 Å². The van der Waals surface area contributed by atoms with Gasteiger partial charge in [-0.25, -0.2) is 4.79 Å². The van der Waals surface area contributed by atoms with Gasteiger partial charge in [-0.3, -0.25) is 0 Å². The predicted molar refractivity (Wildman–Crippen MR) is 67.3 cm³/mol. The van der Waals surface area contributed by atoms with Crippen LogP contribution >= 0.6 is 0 Å². The summed E-state index contributed by atoms with van der Waals surface area (Å²) in [5, 5.41) is 32.1. The van der Waals surface area contributed by atoms with Crippen molar-refractivity contribution in [2.24, 2.45) is 0 Å². The number of carbonyl (C=O) groups is 1. The maximum absolute atomic E-state index is 11.6. The third-order valence-corrected chi connectivity index (χ3v) is 2.60. The van der Waals surface area contributed by atoms with E-state index in [1.54, 1.807) is 12.1 Å². The summed E-state index contributed by atoms with van der Waals surface area (Å²) >= 11 is 0. The quantitative estimate of drug-likeness (QED) is 0.503. The first-order valence-electron chi connectivity index (χ1n) is 5.53. The van der Waals surface area contributed by atoms with Gasteiger partial charge in [0.25, 0.3) is 0 Å². The van der Waals surface area contributed by atoms with Gasteiger partial charge in [0.15, 0.2) is 0 Å². The summed E-state index contributed by atoms with van der Waals surface area (Å²) in [4.78, 5) is 11.6. The lowest BCUT2D eigenvalue weighted by atomic mass is 10.0. The number of hydrogen-bond acceptors (Lipinski definition) is 4. The molecule has 6 nitrogen and oxygen atoms in total. The van der Waals surface area contributed by atoms with Crippen molar-refractivity contribution < 1.29 is 20.1 Å². The van der Waals surface area contributed by atoms with Crippen LogP contribution < -0.4 is 10.6 Å². The SMILES string of the molecule is Cc1ccc(NC(=O)NC(CO)(CO)CO)cc1. The van der Waals surface area contributed by atoms with Gasteiger partial charge >= 0.3 is 6.03 Å². The molecule has 0 saturated carbocycles. The number of urea groups is 1. The van der Waals surface area contributed by atoms with Gasteiger partial charge in [0.2, 0.25) is 0 Å². The monoisotopic (exact) mass is 254 g/mol. The summed E-state index contributed by atoms with van der Waals surface area (Å²) in [6.45, 7) is 0.266. The van der Waals surface area contributed by atoms with E-state index in [-0.39, 0.29) is 0 Å². The highest BCUT2D eigenvalue weighted by molar-refractivity contribution is 5.89. The molecule has 1 aromatic carbocycles. The van der Waals surface area contributed by atoms with Crippen molar-refractivity contribution in [3.05, 3.63) is 29.8 Å². The van der Waals surface area contributed by atoms with Gasteiger partial charge in [-0.2, -0.15) is 0 Å². The van der Waals surface area contributed by atoms with E-state index in [4.69, 9.17) is 15.3 Å². The van der Waals surface area contributed by atoms with Gasteiger partial charge in [0.1, 0.15) is 5.54 Å². The van der Waals surface area contributed by atoms with Gasteiger partial charge in [0, 0.05) is 5.69 Å². The van der Waals surface area contributed by atoms with Crippen LogP contribution in [-0.2, 0) is 0 Å². The lowest BCUT2D eigenvalue weighted by Crippen LogP contribution is -2.58. The number of hydrogen-bond donors (Lipinski definition) is 5. The molecule has 0 aromatic heterocycles. The van der Waals surface area contributed by atoms with E-state index in [9.17, 15) is 4.79 Å². The maximum Gasteiger partial charge on any atom is 0.319 e. The zero-order chi connectivity index (χ0) is 13.6. The lowest BCUT2D eigenvalue weighted by molar-refractivity contribution is 0.0507. The zero-order valence-electron chi connectivity index (χ0n) is 10.2. The molecule has 0 atom stereocenters.